The van der Waals surface area contributed by atoms with Gasteiger partial charge in [-0.2, -0.15) is 0 Å². The highest BCUT2D eigenvalue weighted by Gasteiger charge is 2.31. The van der Waals surface area contributed by atoms with Crippen molar-refractivity contribution in [2.45, 2.75) is 66.3 Å². The van der Waals surface area contributed by atoms with Gasteiger partial charge >= 0.3 is 0 Å². The quantitative estimate of drug-likeness (QED) is 0.838. The van der Waals surface area contributed by atoms with Gasteiger partial charge in [0.2, 0.25) is 5.91 Å². The number of likely N-dealkylation sites (tertiary alicyclic amines) is 1. The molecule has 0 bridgehead atoms. The maximum atomic E-state index is 13.0. The van der Waals surface area contributed by atoms with Crippen LogP contribution in [-0.2, 0) is 4.79 Å². The number of rotatable bonds is 5. The van der Waals surface area contributed by atoms with Crippen LogP contribution in [0.4, 0.5) is 0 Å². The van der Waals surface area contributed by atoms with Crippen molar-refractivity contribution >= 4 is 5.91 Å². The molecule has 4 nitrogen and oxygen atoms in total. The number of piperidine rings is 2. The summed E-state index contributed by atoms with van der Waals surface area (Å²) in [4.78, 5) is 17.6. The van der Waals surface area contributed by atoms with E-state index in [-0.39, 0.29) is 0 Å². The van der Waals surface area contributed by atoms with Gasteiger partial charge in [-0.3, -0.25) is 9.69 Å². The van der Waals surface area contributed by atoms with Crippen molar-refractivity contribution in [1.29, 1.82) is 0 Å². The predicted molar refractivity (Wildman–Crippen MR) is 101 cm³/mol. The molecule has 0 spiro atoms. The van der Waals surface area contributed by atoms with Gasteiger partial charge in [0.05, 0.1) is 6.54 Å². The van der Waals surface area contributed by atoms with Crippen LogP contribution in [-0.4, -0.2) is 61.0 Å². The lowest BCUT2D eigenvalue weighted by Crippen LogP contribution is -2.51. The van der Waals surface area contributed by atoms with Gasteiger partial charge in [-0.25, -0.2) is 0 Å². The first-order valence-corrected chi connectivity index (χ1v) is 10.00. The molecule has 0 aromatic heterocycles. The average Bonchev–Trinajstić information content (AvgIpc) is 2.53. The van der Waals surface area contributed by atoms with Crippen LogP contribution in [0.2, 0.25) is 0 Å². The van der Waals surface area contributed by atoms with Crippen LogP contribution in [0.1, 0.15) is 60.3 Å². The van der Waals surface area contributed by atoms with Crippen molar-refractivity contribution in [1.82, 2.24) is 15.1 Å². The third-order valence-electron chi connectivity index (χ3n) is 5.80. The molecule has 2 heterocycles. The number of carbonyl (C=O) groups excluding carboxylic acids is 1. The lowest BCUT2D eigenvalue weighted by atomic mass is 9.75. The Bertz CT molecular complexity index is 388. The average molecular weight is 338 g/mol. The zero-order valence-electron chi connectivity index (χ0n) is 16.6. The van der Waals surface area contributed by atoms with Gasteiger partial charge in [0.1, 0.15) is 0 Å². The highest BCUT2D eigenvalue weighted by molar-refractivity contribution is 5.78. The SMILES string of the molecule is CC(C)CN(C(=O)CN1CCC(C(C)(C)C)CC1)C1CCNCC1. The molecule has 2 aliphatic rings. The van der Waals surface area contributed by atoms with E-state index in [2.05, 4.69) is 49.7 Å². The molecular formula is C20H39N3O. The van der Waals surface area contributed by atoms with Gasteiger partial charge in [-0.1, -0.05) is 34.6 Å². The van der Waals surface area contributed by atoms with Crippen LogP contribution in [0.15, 0.2) is 0 Å². The summed E-state index contributed by atoms with van der Waals surface area (Å²) >= 11 is 0. The molecule has 0 unspecified atom stereocenters. The maximum absolute atomic E-state index is 13.0. The fraction of sp³-hybridized carbons (Fsp3) is 0.950. The number of nitrogens with one attached hydrogen (secondary N) is 1. The molecule has 140 valence electrons. The first-order valence-electron chi connectivity index (χ1n) is 10.00. The predicted octanol–water partition coefficient (Wildman–Crippen LogP) is 2.98. The fourth-order valence-corrected chi connectivity index (χ4v) is 4.21. The number of hydrogen-bond acceptors (Lipinski definition) is 3. The van der Waals surface area contributed by atoms with Crippen molar-refractivity contribution < 1.29 is 4.79 Å². The third kappa shape index (κ3) is 5.73. The molecule has 0 aromatic rings. The Hall–Kier alpha value is -0.610. The van der Waals surface area contributed by atoms with E-state index in [4.69, 9.17) is 0 Å². The fourth-order valence-electron chi connectivity index (χ4n) is 4.21. The van der Waals surface area contributed by atoms with E-state index in [9.17, 15) is 4.79 Å². The standard InChI is InChI=1S/C20H39N3O/c1-16(2)14-23(18-6-10-21-11-7-18)19(24)15-22-12-8-17(9-13-22)20(3,4)5/h16-18,21H,6-15H2,1-5H3. The van der Waals surface area contributed by atoms with Crippen molar-refractivity contribution in [3.63, 3.8) is 0 Å². The summed E-state index contributed by atoms with van der Waals surface area (Å²) in [5.41, 5.74) is 0.398. The third-order valence-corrected chi connectivity index (χ3v) is 5.80. The monoisotopic (exact) mass is 337 g/mol. The van der Waals surface area contributed by atoms with Crippen molar-refractivity contribution in [2.24, 2.45) is 17.3 Å². The van der Waals surface area contributed by atoms with E-state index in [0.29, 0.717) is 29.8 Å². The normalized spacial score (nSPS) is 22.1. The first-order chi connectivity index (χ1) is 11.3. The molecule has 0 saturated carbocycles. The minimum atomic E-state index is 0.352. The van der Waals surface area contributed by atoms with E-state index in [1.807, 2.05) is 0 Å². The molecule has 2 saturated heterocycles. The van der Waals surface area contributed by atoms with Crippen molar-refractivity contribution in [3.05, 3.63) is 0 Å². The summed E-state index contributed by atoms with van der Waals surface area (Å²) in [5, 5.41) is 3.41. The van der Waals surface area contributed by atoms with E-state index < -0.39 is 0 Å². The van der Waals surface area contributed by atoms with Crippen molar-refractivity contribution in [3.8, 4) is 0 Å². The molecule has 4 heteroatoms. The minimum absolute atomic E-state index is 0.352. The van der Waals surface area contributed by atoms with Crippen LogP contribution in [0.25, 0.3) is 0 Å². The molecule has 1 amide bonds. The highest BCUT2D eigenvalue weighted by atomic mass is 16.2. The molecule has 2 rings (SSSR count). The Balaban J connectivity index is 1.88. The second kappa shape index (κ2) is 8.66. The Morgan fingerprint density at radius 3 is 2.21 bits per heavy atom. The van der Waals surface area contributed by atoms with Crippen molar-refractivity contribution in [2.75, 3.05) is 39.3 Å². The summed E-state index contributed by atoms with van der Waals surface area (Å²) in [6.07, 6.45) is 4.66. The van der Waals surface area contributed by atoms with Gasteiger partial charge in [-0.15, -0.1) is 0 Å². The van der Waals surface area contributed by atoms with Gasteiger partial charge in [0.25, 0.3) is 0 Å². The molecule has 0 aromatic carbocycles. The minimum Gasteiger partial charge on any atom is -0.338 e. The Morgan fingerprint density at radius 2 is 1.71 bits per heavy atom. The van der Waals surface area contributed by atoms with Crippen LogP contribution in [0.5, 0.6) is 0 Å². The molecule has 0 aliphatic carbocycles. The van der Waals surface area contributed by atoms with E-state index >= 15 is 0 Å². The summed E-state index contributed by atoms with van der Waals surface area (Å²) in [6, 6.07) is 0.438. The Kier molecular flexibility index (Phi) is 7.11. The second-order valence-electron chi connectivity index (χ2n) is 9.34. The largest absolute Gasteiger partial charge is 0.338 e. The number of nitrogens with zero attached hydrogens (tertiary/aromatic N) is 2. The number of hydrogen-bond donors (Lipinski definition) is 1. The maximum Gasteiger partial charge on any atom is 0.237 e. The van der Waals surface area contributed by atoms with E-state index in [1.165, 1.54) is 12.8 Å². The van der Waals surface area contributed by atoms with Crippen LogP contribution in [0.3, 0.4) is 0 Å². The van der Waals surface area contributed by atoms with Gasteiger partial charge in [0, 0.05) is 12.6 Å². The molecular weight excluding hydrogens is 298 g/mol. The molecule has 2 aliphatic heterocycles. The zero-order chi connectivity index (χ0) is 17.7. The summed E-state index contributed by atoms with van der Waals surface area (Å²) in [7, 11) is 0. The number of amides is 1. The second-order valence-corrected chi connectivity index (χ2v) is 9.34. The number of carbonyl (C=O) groups is 1. The van der Waals surface area contributed by atoms with Gasteiger partial charge in [-0.05, 0) is 69.1 Å². The molecule has 24 heavy (non-hydrogen) atoms. The van der Waals surface area contributed by atoms with Gasteiger partial charge < -0.3 is 10.2 Å². The summed E-state index contributed by atoms with van der Waals surface area (Å²) in [5.74, 6) is 1.68. The van der Waals surface area contributed by atoms with Crippen LogP contribution < -0.4 is 5.32 Å². The highest BCUT2D eigenvalue weighted by Crippen LogP contribution is 2.34. The van der Waals surface area contributed by atoms with E-state index in [1.54, 1.807) is 0 Å². The van der Waals surface area contributed by atoms with E-state index in [0.717, 1.165) is 51.5 Å². The Morgan fingerprint density at radius 1 is 1.12 bits per heavy atom. The smallest absolute Gasteiger partial charge is 0.237 e. The molecule has 2 fully saturated rings. The molecule has 0 atom stereocenters. The molecule has 1 N–H and O–H groups in total. The molecule has 0 radical (unpaired) electrons. The lowest BCUT2D eigenvalue weighted by molar-refractivity contribution is -0.136. The Labute approximate surface area is 149 Å². The summed E-state index contributed by atoms with van der Waals surface area (Å²) < 4.78 is 0. The lowest BCUT2D eigenvalue weighted by Gasteiger charge is -2.40. The first kappa shape index (κ1) is 19.7. The topological polar surface area (TPSA) is 35.6 Å². The van der Waals surface area contributed by atoms with Crippen LogP contribution in [0, 0.1) is 17.3 Å². The van der Waals surface area contributed by atoms with Gasteiger partial charge in [0.15, 0.2) is 0 Å². The zero-order valence-corrected chi connectivity index (χ0v) is 16.6. The summed E-state index contributed by atoms with van der Waals surface area (Å²) in [6.45, 7) is 17.2. The van der Waals surface area contributed by atoms with Crippen LogP contribution >= 0.6 is 0 Å².